The first kappa shape index (κ1) is 14.3. The van der Waals surface area contributed by atoms with E-state index in [9.17, 15) is 4.39 Å². The number of nitrogens with zero attached hydrogens (tertiary/aromatic N) is 1. The number of likely N-dealkylation sites (tertiary alicyclic amines) is 1. The third-order valence-electron chi connectivity index (χ3n) is 4.02. The second-order valence-corrected chi connectivity index (χ2v) is 5.28. The largest absolute Gasteiger partial charge is 0.496 e. The molecule has 0 aromatic heterocycles. The minimum atomic E-state index is -0.316. The Balaban J connectivity index is 2.01. The van der Waals surface area contributed by atoms with Crippen LogP contribution in [0.2, 0.25) is 0 Å². The predicted molar refractivity (Wildman–Crippen MR) is 74.8 cm³/mol. The zero-order valence-electron chi connectivity index (χ0n) is 11.7. The fourth-order valence-electron chi connectivity index (χ4n) is 2.83. The smallest absolute Gasteiger partial charge is 0.131 e. The molecule has 1 aromatic carbocycles. The maximum absolute atomic E-state index is 13.9. The van der Waals surface area contributed by atoms with Gasteiger partial charge in [-0.3, -0.25) is 0 Å². The second kappa shape index (κ2) is 6.35. The van der Waals surface area contributed by atoms with Crippen molar-refractivity contribution in [2.45, 2.75) is 38.3 Å². The van der Waals surface area contributed by atoms with Crippen LogP contribution in [0.15, 0.2) is 18.2 Å². The van der Waals surface area contributed by atoms with Crippen molar-refractivity contribution < 1.29 is 9.13 Å². The highest BCUT2D eigenvalue weighted by Crippen LogP contribution is 2.29. The molecule has 0 aliphatic carbocycles. The molecule has 0 bridgehead atoms. The van der Waals surface area contributed by atoms with Gasteiger partial charge in [-0.15, -0.1) is 0 Å². The molecule has 2 rings (SSSR count). The van der Waals surface area contributed by atoms with E-state index < -0.39 is 0 Å². The van der Waals surface area contributed by atoms with Gasteiger partial charge >= 0.3 is 0 Å². The summed E-state index contributed by atoms with van der Waals surface area (Å²) in [5.74, 6) is 0.267. The highest BCUT2D eigenvalue weighted by atomic mass is 19.1. The maximum atomic E-state index is 13.9. The van der Waals surface area contributed by atoms with Crippen LogP contribution in [0.1, 0.15) is 37.8 Å². The zero-order valence-corrected chi connectivity index (χ0v) is 11.7. The molecule has 106 valence electrons. The van der Waals surface area contributed by atoms with Crippen molar-refractivity contribution in [3.8, 4) is 5.75 Å². The van der Waals surface area contributed by atoms with Crippen LogP contribution in [0.3, 0.4) is 0 Å². The summed E-state index contributed by atoms with van der Waals surface area (Å²) < 4.78 is 19.1. The van der Waals surface area contributed by atoms with E-state index in [4.69, 9.17) is 10.5 Å². The zero-order chi connectivity index (χ0) is 13.8. The molecule has 1 aliphatic rings. The normalized spacial score (nSPS) is 21.6. The number of methoxy groups -OCH3 is 1. The third kappa shape index (κ3) is 3.25. The fraction of sp³-hybridized carbons (Fsp3) is 0.600. The molecule has 2 unspecified atom stereocenters. The SMILES string of the molecule is COc1cccc(F)c1C(N)CCN1CCCC1C. The number of benzene rings is 1. The molecule has 4 heteroatoms. The second-order valence-electron chi connectivity index (χ2n) is 5.28. The Bertz CT molecular complexity index is 425. The Labute approximate surface area is 114 Å². The van der Waals surface area contributed by atoms with Crippen LogP contribution in [0.4, 0.5) is 4.39 Å². The molecular weight excluding hydrogens is 243 g/mol. The maximum Gasteiger partial charge on any atom is 0.131 e. The van der Waals surface area contributed by atoms with Crippen molar-refractivity contribution in [2.24, 2.45) is 5.73 Å². The fourth-order valence-corrected chi connectivity index (χ4v) is 2.83. The average molecular weight is 266 g/mol. The van der Waals surface area contributed by atoms with Crippen molar-refractivity contribution >= 4 is 0 Å². The minimum Gasteiger partial charge on any atom is -0.496 e. The number of nitrogens with two attached hydrogens (primary N) is 1. The average Bonchev–Trinajstić information content (AvgIpc) is 2.81. The molecular formula is C15H23FN2O. The summed E-state index contributed by atoms with van der Waals surface area (Å²) in [5.41, 5.74) is 6.65. The summed E-state index contributed by atoms with van der Waals surface area (Å²) in [5, 5.41) is 0. The van der Waals surface area contributed by atoms with Crippen molar-refractivity contribution in [3.63, 3.8) is 0 Å². The quantitative estimate of drug-likeness (QED) is 0.890. The van der Waals surface area contributed by atoms with E-state index in [1.165, 1.54) is 18.9 Å². The lowest BCUT2D eigenvalue weighted by atomic mass is 10.0. The number of rotatable bonds is 5. The first-order valence-electron chi connectivity index (χ1n) is 6.95. The molecule has 1 heterocycles. The lowest BCUT2D eigenvalue weighted by Gasteiger charge is -2.23. The van der Waals surface area contributed by atoms with Gasteiger partial charge in [0.25, 0.3) is 0 Å². The van der Waals surface area contributed by atoms with Crippen LogP contribution in [0, 0.1) is 5.82 Å². The molecule has 2 N–H and O–H groups in total. The van der Waals surface area contributed by atoms with Gasteiger partial charge in [0.05, 0.1) is 7.11 Å². The number of hydrogen-bond acceptors (Lipinski definition) is 3. The Hall–Kier alpha value is -1.13. The summed E-state index contributed by atoms with van der Waals surface area (Å²) >= 11 is 0. The van der Waals surface area contributed by atoms with Crippen molar-refractivity contribution in [1.29, 1.82) is 0 Å². The molecule has 0 saturated carbocycles. The van der Waals surface area contributed by atoms with E-state index in [0.29, 0.717) is 17.4 Å². The first-order valence-corrected chi connectivity index (χ1v) is 6.95. The van der Waals surface area contributed by atoms with E-state index in [1.807, 2.05) is 0 Å². The monoisotopic (exact) mass is 266 g/mol. The summed E-state index contributed by atoms with van der Waals surface area (Å²) in [7, 11) is 1.55. The highest BCUT2D eigenvalue weighted by Gasteiger charge is 2.22. The van der Waals surface area contributed by atoms with Crippen LogP contribution < -0.4 is 10.5 Å². The van der Waals surface area contributed by atoms with Crippen molar-refractivity contribution in [2.75, 3.05) is 20.2 Å². The Morgan fingerprint density at radius 3 is 2.95 bits per heavy atom. The molecule has 1 aromatic rings. The Kier molecular flexibility index (Phi) is 4.77. The van der Waals surface area contributed by atoms with Gasteiger partial charge in [-0.2, -0.15) is 0 Å². The van der Waals surface area contributed by atoms with E-state index in [0.717, 1.165) is 19.5 Å². The first-order chi connectivity index (χ1) is 9.13. The molecule has 1 saturated heterocycles. The molecule has 19 heavy (non-hydrogen) atoms. The van der Waals surface area contributed by atoms with Gasteiger partial charge in [0.1, 0.15) is 11.6 Å². The van der Waals surface area contributed by atoms with Gasteiger partial charge in [0, 0.05) is 24.2 Å². The highest BCUT2D eigenvalue weighted by molar-refractivity contribution is 5.37. The van der Waals surface area contributed by atoms with Crippen LogP contribution in [0.5, 0.6) is 5.75 Å². The van der Waals surface area contributed by atoms with Gasteiger partial charge < -0.3 is 15.4 Å². The van der Waals surface area contributed by atoms with Gasteiger partial charge in [-0.05, 0) is 44.9 Å². The van der Waals surface area contributed by atoms with Crippen LogP contribution in [-0.2, 0) is 0 Å². The molecule has 0 spiro atoms. The van der Waals surface area contributed by atoms with E-state index in [-0.39, 0.29) is 11.9 Å². The predicted octanol–water partition coefficient (Wildman–Crippen LogP) is 2.71. The van der Waals surface area contributed by atoms with Crippen molar-refractivity contribution in [3.05, 3.63) is 29.6 Å². The lowest BCUT2D eigenvalue weighted by Crippen LogP contribution is -2.30. The van der Waals surface area contributed by atoms with Crippen LogP contribution >= 0.6 is 0 Å². The molecule has 1 aliphatic heterocycles. The van der Waals surface area contributed by atoms with Gasteiger partial charge in [-0.25, -0.2) is 4.39 Å². The molecule has 0 amide bonds. The number of ether oxygens (including phenoxy) is 1. The molecule has 3 nitrogen and oxygen atoms in total. The van der Waals surface area contributed by atoms with Gasteiger partial charge in [-0.1, -0.05) is 6.07 Å². The van der Waals surface area contributed by atoms with Crippen molar-refractivity contribution in [1.82, 2.24) is 4.90 Å². The number of halogens is 1. The van der Waals surface area contributed by atoms with Crippen LogP contribution in [-0.4, -0.2) is 31.1 Å². The summed E-state index contributed by atoms with van der Waals surface area (Å²) in [6.45, 7) is 4.28. The van der Waals surface area contributed by atoms with E-state index in [1.54, 1.807) is 19.2 Å². The lowest BCUT2D eigenvalue weighted by molar-refractivity contribution is 0.256. The summed E-state index contributed by atoms with van der Waals surface area (Å²) in [4.78, 5) is 2.42. The minimum absolute atomic E-state index is 0.277. The summed E-state index contributed by atoms with van der Waals surface area (Å²) in [6.07, 6.45) is 3.25. The number of hydrogen-bond donors (Lipinski definition) is 1. The summed E-state index contributed by atoms with van der Waals surface area (Å²) in [6, 6.07) is 5.15. The van der Waals surface area contributed by atoms with Gasteiger partial charge in [0.2, 0.25) is 0 Å². The molecule has 2 atom stereocenters. The van der Waals surface area contributed by atoms with Crippen LogP contribution in [0.25, 0.3) is 0 Å². The van der Waals surface area contributed by atoms with E-state index >= 15 is 0 Å². The topological polar surface area (TPSA) is 38.5 Å². The van der Waals surface area contributed by atoms with E-state index in [2.05, 4.69) is 11.8 Å². The third-order valence-corrected chi connectivity index (χ3v) is 4.02. The van der Waals surface area contributed by atoms with Gasteiger partial charge in [0.15, 0.2) is 0 Å². The Morgan fingerprint density at radius 1 is 1.53 bits per heavy atom. The molecule has 1 fully saturated rings. The standard InChI is InChI=1S/C15H23FN2O/c1-11-5-4-9-18(11)10-8-13(17)15-12(16)6-3-7-14(15)19-2/h3,6-7,11,13H,4-5,8-10,17H2,1-2H3. The molecule has 0 radical (unpaired) electrons. The Morgan fingerprint density at radius 2 is 2.32 bits per heavy atom.